The molecule has 0 saturated carbocycles. The average Bonchev–Trinajstić information content (AvgIpc) is 2.55. The fraction of sp³-hybridized carbons (Fsp3) is 0.235. The summed E-state index contributed by atoms with van der Waals surface area (Å²) in [6.07, 6.45) is 0.414. The van der Waals surface area contributed by atoms with E-state index in [1.807, 2.05) is 54.6 Å². The highest BCUT2D eigenvalue weighted by Crippen LogP contribution is 2.20. The molecule has 0 aliphatic carbocycles. The highest BCUT2D eigenvalue weighted by molar-refractivity contribution is 5.75. The van der Waals surface area contributed by atoms with Gasteiger partial charge in [0.1, 0.15) is 6.61 Å². The van der Waals surface area contributed by atoms with Crippen LogP contribution in [0.2, 0.25) is 0 Å². The van der Waals surface area contributed by atoms with Gasteiger partial charge < -0.3 is 5.32 Å². The van der Waals surface area contributed by atoms with Crippen molar-refractivity contribution in [1.82, 2.24) is 5.06 Å². The average molecular weight is 282 g/mol. The van der Waals surface area contributed by atoms with Crippen LogP contribution in [0.15, 0.2) is 54.6 Å². The Morgan fingerprint density at radius 3 is 2.57 bits per heavy atom. The van der Waals surface area contributed by atoms with Crippen molar-refractivity contribution >= 4 is 11.6 Å². The Hall–Kier alpha value is -2.33. The highest BCUT2D eigenvalue weighted by Gasteiger charge is 2.20. The molecule has 0 radical (unpaired) electrons. The number of carbonyl (C=O) groups is 1. The first kappa shape index (κ1) is 13.6. The zero-order valence-electron chi connectivity index (χ0n) is 11.8. The topological polar surface area (TPSA) is 41.6 Å². The molecule has 0 fully saturated rings. The first-order chi connectivity index (χ1) is 10.3. The van der Waals surface area contributed by atoms with Crippen molar-refractivity contribution < 1.29 is 9.63 Å². The molecule has 2 aromatic rings. The van der Waals surface area contributed by atoms with Crippen LogP contribution in [0.25, 0.3) is 0 Å². The van der Waals surface area contributed by atoms with Crippen LogP contribution in [0.5, 0.6) is 0 Å². The number of anilines is 1. The van der Waals surface area contributed by atoms with Crippen LogP contribution in [0, 0.1) is 0 Å². The number of rotatable bonds is 4. The third-order valence-corrected chi connectivity index (χ3v) is 3.53. The van der Waals surface area contributed by atoms with Gasteiger partial charge >= 0.3 is 0 Å². The molecular formula is C17H18N2O2. The number of benzene rings is 2. The van der Waals surface area contributed by atoms with Gasteiger partial charge in [-0.25, -0.2) is 5.06 Å². The number of nitrogens with one attached hydrogen (secondary N) is 1. The summed E-state index contributed by atoms with van der Waals surface area (Å²) in [7, 11) is 0. The van der Waals surface area contributed by atoms with Crippen LogP contribution in [0.4, 0.5) is 5.69 Å². The molecule has 0 bridgehead atoms. The van der Waals surface area contributed by atoms with Gasteiger partial charge in [-0.1, -0.05) is 42.5 Å². The van der Waals surface area contributed by atoms with E-state index in [2.05, 4.69) is 5.32 Å². The normalized spacial score (nSPS) is 13.6. The summed E-state index contributed by atoms with van der Waals surface area (Å²) in [5.41, 5.74) is 3.34. The van der Waals surface area contributed by atoms with E-state index in [4.69, 9.17) is 4.84 Å². The molecule has 3 rings (SSSR count). The van der Waals surface area contributed by atoms with Crippen molar-refractivity contribution in [2.75, 3.05) is 11.9 Å². The molecule has 1 heterocycles. The fourth-order valence-electron chi connectivity index (χ4n) is 2.36. The predicted molar refractivity (Wildman–Crippen MR) is 81.3 cm³/mol. The maximum atomic E-state index is 12.2. The van der Waals surface area contributed by atoms with Gasteiger partial charge in [-0.05, 0) is 23.3 Å². The van der Waals surface area contributed by atoms with Gasteiger partial charge in [-0.15, -0.1) is 0 Å². The van der Waals surface area contributed by atoms with Crippen LogP contribution in [0.3, 0.4) is 0 Å². The molecule has 1 amide bonds. The second kappa shape index (κ2) is 6.41. The van der Waals surface area contributed by atoms with Gasteiger partial charge in [0.15, 0.2) is 0 Å². The second-order valence-corrected chi connectivity index (χ2v) is 5.02. The molecule has 0 spiro atoms. The van der Waals surface area contributed by atoms with Crippen molar-refractivity contribution in [3.05, 3.63) is 65.7 Å². The molecule has 2 aromatic carbocycles. The summed E-state index contributed by atoms with van der Waals surface area (Å²) in [5.74, 6) is 0.00735. The third kappa shape index (κ3) is 3.41. The molecule has 4 heteroatoms. The van der Waals surface area contributed by atoms with Gasteiger partial charge in [0.2, 0.25) is 5.91 Å². The summed E-state index contributed by atoms with van der Waals surface area (Å²) >= 11 is 0. The van der Waals surface area contributed by atoms with Gasteiger partial charge in [0.25, 0.3) is 0 Å². The minimum atomic E-state index is 0.00735. The molecule has 1 N–H and O–H groups in total. The highest BCUT2D eigenvalue weighted by atomic mass is 16.7. The second-order valence-electron chi connectivity index (χ2n) is 5.02. The standard InChI is InChI=1S/C17H18N2O2/c20-17(10-11-18-16-8-2-1-3-9-16)19-12-14-6-4-5-7-15(14)13-21-19/h1-9,18H,10-13H2. The summed E-state index contributed by atoms with van der Waals surface area (Å²) in [6, 6.07) is 17.9. The van der Waals surface area contributed by atoms with E-state index in [0.717, 1.165) is 16.8 Å². The summed E-state index contributed by atoms with van der Waals surface area (Å²) in [4.78, 5) is 17.7. The monoisotopic (exact) mass is 282 g/mol. The van der Waals surface area contributed by atoms with Crippen molar-refractivity contribution in [3.8, 4) is 0 Å². The Bertz CT molecular complexity index is 613. The number of nitrogens with zero attached hydrogens (tertiary/aromatic N) is 1. The lowest BCUT2D eigenvalue weighted by Crippen LogP contribution is -2.35. The van der Waals surface area contributed by atoms with E-state index in [-0.39, 0.29) is 5.91 Å². The van der Waals surface area contributed by atoms with Gasteiger partial charge in [0.05, 0.1) is 6.54 Å². The Morgan fingerprint density at radius 1 is 1.05 bits per heavy atom. The van der Waals surface area contributed by atoms with Crippen molar-refractivity contribution in [2.45, 2.75) is 19.6 Å². The molecule has 1 aliphatic rings. The van der Waals surface area contributed by atoms with E-state index < -0.39 is 0 Å². The Kier molecular flexibility index (Phi) is 4.17. The molecule has 0 atom stereocenters. The third-order valence-electron chi connectivity index (χ3n) is 3.53. The number of hydrogen-bond acceptors (Lipinski definition) is 3. The Morgan fingerprint density at radius 2 is 1.76 bits per heavy atom. The van der Waals surface area contributed by atoms with Gasteiger partial charge in [-0.3, -0.25) is 9.63 Å². The van der Waals surface area contributed by atoms with Gasteiger partial charge in [0, 0.05) is 18.7 Å². The lowest BCUT2D eigenvalue weighted by molar-refractivity contribution is -0.200. The Labute approximate surface area is 124 Å². The fourth-order valence-corrected chi connectivity index (χ4v) is 2.36. The van der Waals surface area contributed by atoms with E-state index in [9.17, 15) is 4.79 Å². The Balaban J connectivity index is 1.50. The number of hydrogen-bond donors (Lipinski definition) is 1. The lowest BCUT2D eigenvalue weighted by Gasteiger charge is -2.28. The summed E-state index contributed by atoms with van der Waals surface area (Å²) < 4.78 is 0. The largest absolute Gasteiger partial charge is 0.385 e. The SMILES string of the molecule is O=C(CCNc1ccccc1)N1Cc2ccccc2CO1. The molecule has 0 saturated heterocycles. The molecule has 108 valence electrons. The summed E-state index contributed by atoms with van der Waals surface area (Å²) in [5, 5.41) is 4.70. The van der Waals surface area contributed by atoms with Crippen LogP contribution in [-0.4, -0.2) is 17.5 Å². The van der Waals surface area contributed by atoms with Gasteiger partial charge in [-0.2, -0.15) is 0 Å². The molecule has 21 heavy (non-hydrogen) atoms. The number of hydroxylamine groups is 2. The lowest BCUT2D eigenvalue weighted by atomic mass is 10.1. The quantitative estimate of drug-likeness (QED) is 0.937. The van der Waals surface area contributed by atoms with Crippen molar-refractivity contribution in [2.24, 2.45) is 0 Å². The maximum absolute atomic E-state index is 12.2. The minimum absolute atomic E-state index is 0.00735. The van der Waals surface area contributed by atoms with Crippen LogP contribution in [-0.2, 0) is 22.8 Å². The molecule has 1 aliphatic heterocycles. The zero-order valence-corrected chi connectivity index (χ0v) is 11.8. The van der Waals surface area contributed by atoms with Crippen LogP contribution < -0.4 is 5.32 Å². The molecule has 0 aromatic heterocycles. The molecule has 4 nitrogen and oxygen atoms in total. The van der Waals surface area contributed by atoms with E-state index in [1.54, 1.807) is 0 Å². The smallest absolute Gasteiger partial charge is 0.248 e. The zero-order chi connectivity index (χ0) is 14.5. The molecule has 0 unspecified atom stereocenters. The van der Waals surface area contributed by atoms with E-state index in [0.29, 0.717) is 26.1 Å². The number of carbonyl (C=O) groups excluding carboxylic acids is 1. The first-order valence-electron chi connectivity index (χ1n) is 7.12. The van der Waals surface area contributed by atoms with E-state index >= 15 is 0 Å². The number of para-hydroxylation sites is 1. The van der Waals surface area contributed by atoms with Crippen molar-refractivity contribution in [1.29, 1.82) is 0 Å². The number of fused-ring (bicyclic) bond motifs is 1. The maximum Gasteiger partial charge on any atom is 0.248 e. The predicted octanol–water partition coefficient (Wildman–Crippen LogP) is 2.96. The van der Waals surface area contributed by atoms with Crippen LogP contribution >= 0.6 is 0 Å². The summed E-state index contributed by atoms with van der Waals surface area (Å²) in [6.45, 7) is 1.60. The van der Waals surface area contributed by atoms with Crippen molar-refractivity contribution in [3.63, 3.8) is 0 Å². The van der Waals surface area contributed by atoms with Crippen LogP contribution in [0.1, 0.15) is 17.5 Å². The first-order valence-corrected chi connectivity index (χ1v) is 7.12. The number of amides is 1. The molecular weight excluding hydrogens is 264 g/mol. The van der Waals surface area contributed by atoms with E-state index in [1.165, 1.54) is 5.06 Å². The minimum Gasteiger partial charge on any atom is -0.385 e.